The van der Waals surface area contributed by atoms with Gasteiger partial charge in [0.15, 0.2) is 0 Å². The van der Waals surface area contributed by atoms with Gasteiger partial charge in [0, 0.05) is 19.5 Å². The molecule has 4 heteroatoms. The number of aromatic nitrogens is 2. The van der Waals surface area contributed by atoms with Crippen molar-refractivity contribution in [2.75, 3.05) is 20.3 Å². The van der Waals surface area contributed by atoms with Crippen LogP contribution in [0, 0.1) is 6.92 Å². The highest BCUT2D eigenvalue weighted by Gasteiger charge is 2.11. The number of hydrogen-bond donors (Lipinski definition) is 1. The lowest BCUT2D eigenvalue weighted by Crippen LogP contribution is -2.26. The van der Waals surface area contributed by atoms with E-state index in [-0.39, 0.29) is 6.04 Å². The molecule has 0 aliphatic heterocycles. The maximum absolute atomic E-state index is 5.10. The summed E-state index contributed by atoms with van der Waals surface area (Å²) in [5.41, 5.74) is 1.07. The first-order valence-electron chi connectivity index (χ1n) is 4.78. The van der Waals surface area contributed by atoms with Gasteiger partial charge in [-0.2, -0.15) is 0 Å². The van der Waals surface area contributed by atoms with E-state index in [2.05, 4.69) is 22.2 Å². The zero-order valence-corrected chi connectivity index (χ0v) is 8.95. The lowest BCUT2D eigenvalue weighted by molar-refractivity contribution is 0.164. The molecule has 0 aliphatic rings. The Morgan fingerprint density at radius 2 is 2.07 bits per heavy atom. The molecule has 1 unspecified atom stereocenters. The Kier molecular flexibility index (Phi) is 4.49. The van der Waals surface area contributed by atoms with Crippen molar-refractivity contribution < 1.29 is 4.74 Å². The van der Waals surface area contributed by atoms with E-state index in [1.54, 1.807) is 7.11 Å². The fraction of sp³-hybridized carbons (Fsp3) is 0.600. The second kappa shape index (κ2) is 5.67. The van der Waals surface area contributed by atoms with Gasteiger partial charge in [0.05, 0.1) is 12.6 Å². The van der Waals surface area contributed by atoms with Crippen LogP contribution in [0.3, 0.4) is 0 Å². The molecular weight excluding hydrogens is 178 g/mol. The van der Waals surface area contributed by atoms with E-state index >= 15 is 0 Å². The molecule has 0 spiro atoms. The van der Waals surface area contributed by atoms with Gasteiger partial charge in [-0.05, 0) is 19.0 Å². The normalized spacial score (nSPS) is 12.8. The zero-order valence-electron chi connectivity index (χ0n) is 8.95. The first-order valence-corrected chi connectivity index (χ1v) is 4.78. The van der Waals surface area contributed by atoms with Crippen molar-refractivity contribution in [1.82, 2.24) is 15.3 Å². The summed E-state index contributed by atoms with van der Waals surface area (Å²) in [5, 5.41) is 3.27. The van der Waals surface area contributed by atoms with Crippen LogP contribution in [0.25, 0.3) is 0 Å². The van der Waals surface area contributed by atoms with Gasteiger partial charge < -0.3 is 10.1 Å². The summed E-state index contributed by atoms with van der Waals surface area (Å²) in [5.74, 6) is 0.791. The van der Waals surface area contributed by atoms with Crippen molar-refractivity contribution in [1.29, 1.82) is 0 Å². The summed E-state index contributed by atoms with van der Waals surface area (Å²) in [6.45, 7) is 5.50. The predicted molar refractivity (Wildman–Crippen MR) is 55.1 cm³/mol. The molecule has 1 N–H and O–H groups in total. The standard InChI is InChI=1S/C10H17N3O/c1-4-11-9(7-14-3)10-12-5-8(2)6-13-10/h5-6,9,11H,4,7H2,1-3H3. The molecule has 0 fully saturated rings. The van der Waals surface area contributed by atoms with Gasteiger partial charge in [-0.25, -0.2) is 9.97 Å². The molecule has 0 saturated carbocycles. The van der Waals surface area contributed by atoms with Crippen LogP contribution >= 0.6 is 0 Å². The molecule has 0 bridgehead atoms. The number of hydrogen-bond acceptors (Lipinski definition) is 4. The van der Waals surface area contributed by atoms with Gasteiger partial charge in [-0.3, -0.25) is 0 Å². The van der Waals surface area contributed by atoms with Crippen LogP contribution in [0.4, 0.5) is 0 Å². The van der Waals surface area contributed by atoms with E-state index in [1.807, 2.05) is 19.3 Å². The Morgan fingerprint density at radius 3 is 2.57 bits per heavy atom. The van der Waals surface area contributed by atoms with Gasteiger partial charge in [0.1, 0.15) is 5.82 Å². The van der Waals surface area contributed by atoms with Crippen LogP contribution in [-0.4, -0.2) is 30.2 Å². The molecule has 4 nitrogen and oxygen atoms in total. The monoisotopic (exact) mass is 195 g/mol. The number of nitrogens with zero attached hydrogens (tertiary/aromatic N) is 2. The number of methoxy groups -OCH3 is 1. The Balaban J connectivity index is 2.71. The molecule has 14 heavy (non-hydrogen) atoms. The first-order chi connectivity index (χ1) is 6.77. The van der Waals surface area contributed by atoms with Gasteiger partial charge in [-0.15, -0.1) is 0 Å². The van der Waals surface area contributed by atoms with Crippen molar-refractivity contribution >= 4 is 0 Å². The van der Waals surface area contributed by atoms with Crippen molar-refractivity contribution in [3.8, 4) is 0 Å². The van der Waals surface area contributed by atoms with Gasteiger partial charge >= 0.3 is 0 Å². The van der Waals surface area contributed by atoms with Crippen LogP contribution in [0.15, 0.2) is 12.4 Å². The highest BCUT2D eigenvalue weighted by atomic mass is 16.5. The SMILES string of the molecule is CCNC(COC)c1ncc(C)cn1. The van der Waals surface area contributed by atoms with Crippen LogP contribution < -0.4 is 5.32 Å². The minimum atomic E-state index is 0.0885. The number of aryl methyl sites for hydroxylation is 1. The molecule has 1 rings (SSSR count). The third kappa shape index (κ3) is 3.05. The molecular formula is C10H17N3O. The fourth-order valence-electron chi connectivity index (χ4n) is 1.22. The second-order valence-electron chi connectivity index (χ2n) is 3.18. The summed E-state index contributed by atoms with van der Waals surface area (Å²) >= 11 is 0. The molecule has 1 aromatic heterocycles. The van der Waals surface area contributed by atoms with Gasteiger partial charge in [0.2, 0.25) is 0 Å². The molecule has 1 atom stereocenters. The van der Waals surface area contributed by atoms with Gasteiger partial charge in [-0.1, -0.05) is 6.92 Å². The fourth-order valence-corrected chi connectivity index (χ4v) is 1.22. The highest BCUT2D eigenvalue weighted by Crippen LogP contribution is 2.07. The van der Waals surface area contributed by atoms with E-state index < -0.39 is 0 Å². The summed E-state index contributed by atoms with van der Waals surface area (Å²) in [4.78, 5) is 8.52. The quantitative estimate of drug-likeness (QED) is 0.763. The Hall–Kier alpha value is -1.00. The Labute approximate surface area is 84.7 Å². The van der Waals surface area contributed by atoms with Gasteiger partial charge in [0.25, 0.3) is 0 Å². The topological polar surface area (TPSA) is 47.0 Å². The van der Waals surface area contributed by atoms with Crippen molar-refractivity contribution in [2.45, 2.75) is 19.9 Å². The third-order valence-corrected chi connectivity index (χ3v) is 1.90. The third-order valence-electron chi connectivity index (χ3n) is 1.90. The van der Waals surface area contributed by atoms with E-state index in [1.165, 1.54) is 0 Å². The molecule has 1 aromatic rings. The molecule has 0 aromatic carbocycles. The minimum absolute atomic E-state index is 0.0885. The lowest BCUT2D eigenvalue weighted by Gasteiger charge is -2.14. The van der Waals surface area contributed by atoms with E-state index in [0.29, 0.717) is 6.61 Å². The van der Waals surface area contributed by atoms with Crippen LogP contribution in [0.2, 0.25) is 0 Å². The second-order valence-corrected chi connectivity index (χ2v) is 3.18. The summed E-state index contributed by atoms with van der Waals surface area (Å²) in [6, 6.07) is 0.0885. The number of rotatable bonds is 5. The summed E-state index contributed by atoms with van der Waals surface area (Å²) in [6.07, 6.45) is 3.64. The maximum Gasteiger partial charge on any atom is 0.147 e. The highest BCUT2D eigenvalue weighted by molar-refractivity contribution is 5.04. The van der Waals surface area contributed by atoms with E-state index in [0.717, 1.165) is 17.9 Å². The summed E-state index contributed by atoms with van der Waals surface area (Å²) in [7, 11) is 1.68. The van der Waals surface area contributed by atoms with Crippen molar-refractivity contribution in [3.05, 3.63) is 23.8 Å². The number of ether oxygens (including phenoxy) is 1. The molecule has 78 valence electrons. The summed E-state index contributed by atoms with van der Waals surface area (Å²) < 4.78 is 5.10. The largest absolute Gasteiger partial charge is 0.383 e. The zero-order chi connectivity index (χ0) is 10.4. The van der Waals surface area contributed by atoms with Crippen LogP contribution in [0.5, 0.6) is 0 Å². The predicted octanol–water partition coefficient (Wildman–Crippen LogP) is 1.08. The molecule has 0 saturated heterocycles. The van der Waals surface area contributed by atoms with Crippen molar-refractivity contribution in [3.63, 3.8) is 0 Å². The molecule has 1 heterocycles. The van der Waals surface area contributed by atoms with E-state index in [4.69, 9.17) is 4.74 Å². The molecule has 0 radical (unpaired) electrons. The first kappa shape index (κ1) is 11.1. The maximum atomic E-state index is 5.10. The Morgan fingerprint density at radius 1 is 1.43 bits per heavy atom. The number of likely N-dealkylation sites (N-methyl/N-ethyl adjacent to an activating group) is 1. The minimum Gasteiger partial charge on any atom is -0.383 e. The molecule has 0 amide bonds. The van der Waals surface area contributed by atoms with Crippen LogP contribution in [-0.2, 0) is 4.74 Å². The van der Waals surface area contributed by atoms with E-state index in [9.17, 15) is 0 Å². The van der Waals surface area contributed by atoms with Crippen LogP contribution in [0.1, 0.15) is 24.4 Å². The average molecular weight is 195 g/mol. The average Bonchev–Trinajstić information content (AvgIpc) is 2.19. The molecule has 0 aliphatic carbocycles. The van der Waals surface area contributed by atoms with Crippen molar-refractivity contribution in [2.24, 2.45) is 0 Å². The number of nitrogens with one attached hydrogen (secondary N) is 1. The smallest absolute Gasteiger partial charge is 0.147 e. The lowest BCUT2D eigenvalue weighted by atomic mass is 10.2. The Bertz CT molecular complexity index is 255.